The van der Waals surface area contributed by atoms with Crippen molar-refractivity contribution in [2.24, 2.45) is 5.10 Å². The molecule has 4 heteroatoms. The third kappa shape index (κ3) is 3.10. The molecule has 3 rings (SSSR count). The van der Waals surface area contributed by atoms with E-state index in [-0.39, 0.29) is 5.91 Å². The van der Waals surface area contributed by atoms with Gasteiger partial charge in [0.05, 0.1) is 5.71 Å². The Hall–Kier alpha value is -2.39. The van der Waals surface area contributed by atoms with Crippen molar-refractivity contribution in [1.29, 1.82) is 0 Å². The van der Waals surface area contributed by atoms with Gasteiger partial charge in [-0.2, -0.15) is 5.10 Å². The van der Waals surface area contributed by atoms with Crippen LogP contribution in [0.25, 0.3) is 6.08 Å². The summed E-state index contributed by atoms with van der Waals surface area (Å²) in [6.45, 7) is 2.04. The molecule has 0 bridgehead atoms. The van der Waals surface area contributed by atoms with Gasteiger partial charge in [0.2, 0.25) is 0 Å². The van der Waals surface area contributed by atoms with Crippen LogP contribution in [-0.4, -0.2) is 11.6 Å². The van der Waals surface area contributed by atoms with Crippen LogP contribution >= 0.6 is 11.6 Å². The number of halogens is 1. The maximum Gasteiger partial charge on any atom is 0.267 e. The van der Waals surface area contributed by atoms with E-state index in [0.717, 1.165) is 16.8 Å². The molecule has 0 unspecified atom stereocenters. The van der Waals surface area contributed by atoms with Gasteiger partial charge < -0.3 is 0 Å². The van der Waals surface area contributed by atoms with E-state index in [2.05, 4.69) is 10.5 Å². The Morgan fingerprint density at radius 3 is 2.59 bits per heavy atom. The number of rotatable bonds is 2. The van der Waals surface area contributed by atoms with E-state index in [0.29, 0.717) is 17.0 Å². The Balaban J connectivity index is 1.91. The predicted molar refractivity (Wildman–Crippen MR) is 89.9 cm³/mol. The summed E-state index contributed by atoms with van der Waals surface area (Å²) >= 11 is 6.16. The van der Waals surface area contributed by atoms with Gasteiger partial charge in [0.25, 0.3) is 5.91 Å². The van der Waals surface area contributed by atoms with E-state index < -0.39 is 0 Å². The van der Waals surface area contributed by atoms with Crippen LogP contribution in [0.15, 0.2) is 59.2 Å². The second-order valence-electron chi connectivity index (χ2n) is 5.23. The number of benzene rings is 2. The first-order chi connectivity index (χ1) is 10.6. The minimum atomic E-state index is -0.184. The highest BCUT2D eigenvalue weighted by Crippen LogP contribution is 2.22. The van der Waals surface area contributed by atoms with Gasteiger partial charge in [0.15, 0.2) is 0 Å². The molecule has 2 aromatic carbocycles. The smallest absolute Gasteiger partial charge is 0.267 e. The number of hydrogen-bond donors (Lipinski definition) is 1. The monoisotopic (exact) mass is 310 g/mol. The summed E-state index contributed by atoms with van der Waals surface area (Å²) in [5.41, 5.74) is 7.10. The maximum absolute atomic E-state index is 12.0. The average Bonchev–Trinajstić information content (AvgIpc) is 2.52. The Bertz CT molecular complexity index is 776. The quantitative estimate of drug-likeness (QED) is 0.838. The third-order valence-corrected chi connectivity index (χ3v) is 3.91. The van der Waals surface area contributed by atoms with Crippen LogP contribution in [0.3, 0.4) is 0 Å². The predicted octanol–water partition coefficient (Wildman–Crippen LogP) is 3.96. The van der Waals surface area contributed by atoms with Gasteiger partial charge >= 0.3 is 0 Å². The fourth-order valence-corrected chi connectivity index (χ4v) is 2.49. The second-order valence-corrected chi connectivity index (χ2v) is 5.64. The van der Waals surface area contributed by atoms with Crippen molar-refractivity contribution >= 4 is 29.3 Å². The molecule has 0 saturated heterocycles. The first-order valence-electron chi connectivity index (χ1n) is 7.02. The van der Waals surface area contributed by atoms with E-state index in [1.165, 1.54) is 5.56 Å². The summed E-state index contributed by atoms with van der Waals surface area (Å²) in [5.74, 6) is -0.184. The summed E-state index contributed by atoms with van der Waals surface area (Å²) < 4.78 is 0. The molecule has 0 saturated carbocycles. The van der Waals surface area contributed by atoms with Crippen LogP contribution in [0.4, 0.5) is 0 Å². The van der Waals surface area contributed by atoms with Gasteiger partial charge in [-0.3, -0.25) is 4.79 Å². The van der Waals surface area contributed by atoms with Gasteiger partial charge in [-0.05, 0) is 30.2 Å². The highest BCUT2D eigenvalue weighted by Gasteiger charge is 2.19. The summed E-state index contributed by atoms with van der Waals surface area (Å²) in [6.07, 6.45) is 2.31. The fourth-order valence-electron chi connectivity index (χ4n) is 2.30. The van der Waals surface area contributed by atoms with Crippen LogP contribution in [-0.2, 0) is 4.79 Å². The van der Waals surface area contributed by atoms with E-state index in [1.54, 1.807) is 0 Å². The first kappa shape index (κ1) is 14.5. The number of hydrogen-bond acceptors (Lipinski definition) is 2. The Kier molecular flexibility index (Phi) is 4.07. The Morgan fingerprint density at radius 1 is 1.14 bits per heavy atom. The van der Waals surface area contributed by atoms with Crippen molar-refractivity contribution in [3.05, 3.63) is 75.8 Å². The summed E-state index contributed by atoms with van der Waals surface area (Å²) in [7, 11) is 0. The summed E-state index contributed by atoms with van der Waals surface area (Å²) in [4.78, 5) is 12.0. The third-order valence-electron chi connectivity index (χ3n) is 3.56. The van der Waals surface area contributed by atoms with Crippen LogP contribution in [0, 0.1) is 6.92 Å². The van der Waals surface area contributed by atoms with E-state index in [9.17, 15) is 4.79 Å². The molecular weight excluding hydrogens is 296 g/mol. The van der Waals surface area contributed by atoms with Crippen molar-refractivity contribution in [2.45, 2.75) is 13.3 Å². The number of hydrazone groups is 1. The van der Waals surface area contributed by atoms with E-state index in [1.807, 2.05) is 61.5 Å². The molecule has 0 radical (unpaired) electrons. The molecule has 0 aliphatic carbocycles. The van der Waals surface area contributed by atoms with Crippen LogP contribution in [0.5, 0.6) is 0 Å². The van der Waals surface area contributed by atoms with Crippen LogP contribution < -0.4 is 5.43 Å². The molecule has 1 amide bonds. The SMILES string of the molecule is Cc1ccc(C2=NNC(=O)C(=Cc3ccccc3Cl)C2)cc1. The highest BCUT2D eigenvalue weighted by molar-refractivity contribution is 6.32. The molecule has 0 fully saturated rings. The number of nitrogens with one attached hydrogen (secondary N) is 1. The summed E-state index contributed by atoms with van der Waals surface area (Å²) in [5, 5.41) is 4.80. The van der Waals surface area contributed by atoms with Gasteiger partial charge in [0.1, 0.15) is 0 Å². The minimum Gasteiger partial charge on any atom is -0.268 e. The molecule has 1 N–H and O–H groups in total. The molecule has 0 spiro atoms. The van der Waals surface area contributed by atoms with Crippen molar-refractivity contribution in [3.63, 3.8) is 0 Å². The standard InChI is InChI=1S/C18H15ClN2O/c1-12-6-8-13(9-7-12)17-11-15(18(22)21-20-17)10-14-4-2-3-5-16(14)19/h2-10H,11H2,1H3,(H,21,22). The topological polar surface area (TPSA) is 41.5 Å². The Labute approximate surface area is 134 Å². The van der Waals surface area contributed by atoms with Gasteiger partial charge in [-0.1, -0.05) is 59.6 Å². The minimum absolute atomic E-state index is 0.184. The molecule has 2 aromatic rings. The molecule has 1 aliphatic heterocycles. The lowest BCUT2D eigenvalue weighted by Gasteiger charge is -2.16. The summed E-state index contributed by atoms with van der Waals surface area (Å²) in [6, 6.07) is 15.6. The lowest BCUT2D eigenvalue weighted by molar-refractivity contribution is -0.117. The van der Waals surface area contributed by atoms with Gasteiger partial charge in [-0.25, -0.2) is 5.43 Å². The van der Waals surface area contributed by atoms with E-state index >= 15 is 0 Å². The zero-order valence-electron chi connectivity index (χ0n) is 12.1. The van der Waals surface area contributed by atoms with Gasteiger partial charge in [-0.15, -0.1) is 0 Å². The zero-order valence-corrected chi connectivity index (χ0v) is 12.9. The zero-order chi connectivity index (χ0) is 15.5. The number of amides is 1. The molecule has 3 nitrogen and oxygen atoms in total. The second kappa shape index (κ2) is 6.16. The normalized spacial score (nSPS) is 16.4. The molecule has 0 atom stereocenters. The van der Waals surface area contributed by atoms with Crippen molar-refractivity contribution in [3.8, 4) is 0 Å². The molecule has 1 heterocycles. The fraction of sp³-hybridized carbons (Fsp3) is 0.111. The maximum atomic E-state index is 12.0. The molecule has 1 aliphatic rings. The van der Waals surface area contributed by atoms with Crippen LogP contribution in [0.2, 0.25) is 5.02 Å². The van der Waals surface area contributed by atoms with Crippen LogP contribution in [0.1, 0.15) is 23.1 Å². The lowest BCUT2D eigenvalue weighted by Crippen LogP contribution is -2.28. The number of carbonyl (C=O) groups is 1. The molecule has 110 valence electrons. The van der Waals surface area contributed by atoms with Gasteiger partial charge in [0, 0.05) is 17.0 Å². The van der Waals surface area contributed by atoms with Crippen molar-refractivity contribution in [2.75, 3.05) is 0 Å². The lowest BCUT2D eigenvalue weighted by atomic mass is 9.98. The average molecular weight is 311 g/mol. The number of nitrogens with zero attached hydrogens (tertiary/aromatic N) is 1. The molecular formula is C18H15ClN2O. The Morgan fingerprint density at radius 2 is 1.86 bits per heavy atom. The number of aryl methyl sites for hydroxylation is 1. The molecule has 22 heavy (non-hydrogen) atoms. The molecule has 0 aromatic heterocycles. The highest BCUT2D eigenvalue weighted by atomic mass is 35.5. The number of carbonyl (C=O) groups excluding carboxylic acids is 1. The van der Waals surface area contributed by atoms with E-state index in [4.69, 9.17) is 11.6 Å². The van der Waals surface area contributed by atoms with Crippen molar-refractivity contribution < 1.29 is 4.79 Å². The van der Waals surface area contributed by atoms with Crippen molar-refractivity contribution in [1.82, 2.24) is 5.43 Å². The largest absolute Gasteiger partial charge is 0.268 e. The first-order valence-corrected chi connectivity index (χ1v) is 7.40.